The van der Waals surface area contributed by atoms with Crippen LogP contribution in [-0.2, 0) is 0 Å². The van der Waals surface area contributed by atoms with Gasteiger partial charge in [0.05, 0.1) is 0 Å². The molecule has 12 heavy (non-hydrogen) atoms. The van der Waals surface area contributed by atoms with Gasteiger partial charge in [0.15, 0.2) is 0 Å². The van der Waals surface area contributed by atoms with Crippen LogP contribution in [0.4, 0.5) is 9.11 Å². The first kappa shape index (κ1) is 13.8. The van der Waals surface area contributed by atoms with Crippen LogP contribution < -0.4 is 11.1 Å². The molecule has 0 aliphatic rings. The van der Waals surface area contributed by atoms with Gasteiger partial charge in [-0.15, -0.1) is 0 Å². The van der Waals surface area contributed by atoms with Gasteiger partial charge < -0.3 is 21.1 Å². The Labute approximate surface area is 71.0 Å². The summed E-state index contributed by atoms with van der Waals surface area (Å²) in [5.41, 5.74) is 4.63. The fourth-order valence-corrected chi connectivity index (χ4v) is 0.370. The van der Waals surface area contributed by atoms with Crippen molar-refractivity contribution in [2.24, 2.45) is 5.73 Å². The number of carbonyl (C=O) groups is 1. The van der Waals surface area contributed by atoms with Crippen molar-refractivity contribution in [3.8, 4) is 0 Å². The van der Waals surface area contributed by atoms with Gasteiger partial charge in [-0.25, -0.2) is 4.79 Å². The maximum atomic E-state index is 10.1. The van der Waals surface area contributed by atoms with E-state index in [0.717, 1.165) is 0 Å². The standard InChI is InChI=1S/C5H12N2O.BFH2O2/c1-5(2,3)7-4(6)8;2-1(3)4/h1-3H3,(H3,6,7,8);3-4H. The van der Waals surface area contributed by atoms with E-state index in [1.807, 2.05) is 20.8 Å². The molecule has 0 rings (SSSR count). The molecular weight excluding hydrogens is 166 g/mol. The summed E-state index contributed by atoms with van der Waals surface area (Å²) in [4.78, 5) is 10.1. The lowest BCUT2D eigenvalue weighted by Gasteiger charge is -2.17. The number of amides is 2. The van der Waals surface area contributed by atoms with Crippen molar-refractivity contribution in [2.75, 3.05) is 0 Å². The monoisotopic (exact) mass is 180 g/mol. The van der Waals surface area contributed by atoms with Gasteiger partial charge in [-0.05, 0) is 20.8 Å². The number of urea groups is 1. The molecule has 5 nitrogen and oxygen atoms in total. The molecule has 0 radical (unpaired) electrons. The van der Waals surface area contributed by atoms with Gasteiger partial charge in [0.1, 0.15) is 0 Å². The van der Waals surface area contributed by atoms with Crippen molar-refractivity contribution in [1.82, 2.24) is 5.32 Å². The van der Waals surface area contributed by atoms with Gasteiger partial charge in [-0.1, -0.05) is 0 Å². The van der Waals surface area contributed by atoms with E-state index < -0.39 is 13.4 Å². The van der Waals surface area contributed by atoms with E-state index in [0.29, 0.717) is 0 Å². The van der Waals surface area contributed by atoms with Gasteiger partial charge in [-0.3, -0.25) is 4.32 Å². The largest absolute Gasteiger partial charge is 0.674 e. The lowest BCUT2D eigenvalue weighted by molar-refractivity contribution is 0.240. The molecule has 0 atom stereocenters. The molecule has 7 heteroatoms. The Hall–Kier alpha value is -0.815. The quantitative estimate of drug-likeness (QED) is 0.374. The van der Waals surface area contributed by atoms with Crippen molar-refractivity contribution < 1.29 is 19.2 Å². The van der Waals surface area contributed by atoms with E-state index >= 15 is 0 Å². The number of halogens is 1. The van der Waals surface area contributed by atoms with Gasteiger partial charge in [0.2, 0.25) is 0 Å². The molecule has 0 unspecified atom stereocenters. The van der Waals surface area contributed by atoms with Crippen LogP contribution in [0.2, 0.25) is 0 Å². The molecule has 0 aromatic heterocycles. The topological polar surface area (TPSA) is 95.6 Å². The average Bonchev–Trinajstić information content (AvgIpc) is 1.52. The van der Waals surface area contributed by atoms with Crippen LogP contribution in [0.5, 0.6) is 0 Å². The number of rotatable bonds is 0. The molecule has 0 aliphatic carbocycles. The fraction of sp³-hybridized carbons (Fsp3) is 0.800. The third kappa shape index (κ3) is 35.1. The summed E-state index contributed by atoms with van der Waals surface area (Å²) < 4.78 is 10.1. The van der Waals surface area contributed by atoms with Crippen molar-refractivity contribution in [1.29, 1.82) is 0 Å². The molecule has 0 bridgehead atoms. The Morgan fingerprint density at radius 1 is 1.50 bits per heavy atom. The highest BCUT2D eigenvalue weighted by Gasteiger charge is 2.09. The van der Waals surface area contributed by atoms with Crippen molar-refractivity contribution in [3.63, 3.8) is 0 Å². The van der Waals surface area contributed by atoms with Gasteiger partial charge >= 0.3 is 13.4 Å². The Bertz CT molecular complexity index is 134. The predicted molar refractivity (Wildman–Crippen MR) is 43.8 cm³/mol. The summed E-state index contributed by atoms with van der Waals surface area (Å²) in [6.07, 6.45) is 0. The molecule has 0 saturated heterocycles. The van der Waals surface area contributed by atoms with Gasteiger partial charge in [-0.2, -0.15) is 0 Å². The van der Waals surface area contributed by atoms with Crippen molar-refractivity contribution in [3.05, 3.63) is 0 Å². The Morgan fingerprint density at radius 2 is 1.75 bits per heavy atom. The molecular formula is C5H14BFN2O3. The van der Waals surface area contributed by atoms with E-state index in [9.17, 15) is 9.11 Å². The maximum Gasteiger partial charge on any atom is 0.674 e. The van der Waals surface area contributed by atoms with Crippen LogP contribution in [0.1, 0.15) is 20.8 Å². The molecule has 0 fully saturated rings. The molecule has 0 heterocycles. The molecule has 72 valence electrons. The fourth-order valence-electron chi connectivity index (χ4n) is 0.370. The lowest BCUT2D eigenvalue weighted by Crippen LogP contribution is -2.43. The smallest absolute Gasteiger partial charge is 0.398 e. The average molecular weight is 180 g/mol. The van der Waals surface area contributed by atoms with Crippen LogP contribution in [-0.4, -0.2) is 29.0 Å². The maximum absolute atomic E-state index is 10.1. The summed E-state index contributed by atoms with van der Waals surface area (Å²) in [7, 11) is -2.67. The Morgan fingerprint density at radius 3 is 1.75 bits per heavy atom. The minimum absolute atomic E-state index is 0.203. The summed E-state index contributed by atoms with van der Waals surface area (Å²) in [5, 5.41) is 16.4. The van der Waals surface area contributed by atoms with Crippen LogP contribution in [0.25, 0.3) is 0 Å². The highest BCUT2D eigenvalue weighted by molar-refractivity contribution is 6.31. The number of carbonyl (C=O) groups excluding carboxylic acids is 1. The molecule has 0 aliphatic heterocycles. The third-order valence-corrected chi connectivity index (χ3v) is 0.498. The van der Waals surface area contributed by atoms with E-state index in [2.05, 4.69) is 5.32 Å². The Kier molecular flexibility index (Phi) is 6.63. The number of primary amides is 1. The van der Waals surface area contributed by atoms with Crippen LogP contribution >= 0.6 is 0 Å². The molecule has 0 spiro atoms. The zero-order valence-corrected chi connectivity index (χ0v) is 7.34. The first-order chi connectivity index (χ1) is 5.15. The summed E-state index contributed by atoms with van der Waals surface area (Å²) >= 11 is 0. The number of nitrogens with two attached hydrogens (primary N) is 1. The number of nitrogens with one attached hydrogen (secondary N) is 1. The molecule has 0 aromatic carbocycles. The second-order valence-electron chi connectivity index (χ2n) is 3.05. The first-order valence-electron chi connectivity index (χ1n) is 3.23. The third-order valence-electron chi connectivity index (χ3n) is 0.498. The predicted octanol–water partition coefficient (Wildman–Crippen LogP) is -0.621. The summed E-state index contributed by atoms with van der Waals surface area (Å²) in [6, 6.07) is -0.475. The van der Waals surface area contributed by atoms with Crippen molar-refractivity contribution >= 4 is 13.4 Å². The molecule has 5 N–H and O–H groups in total. The van der Waals surface area contributed by atoms with E-state index in [1.54, 1.807) is 0 Å². The van der Waals surface area contributed by atoms with E-state index in [1.165, 1.54) is 0 Å². The minimum atomic E-state index is -2.67. The van der Waals surface area contributed by atoms with Crippen LogP contribution in [0.15, 0.2) is 0 Å². The van der Waals surface area contributed by atoms with Crippen LogP contribution in [0.3, 0.4) is 0 Å². The Balaban J connectivity index is 0. The van der Waals surface area contributed by atoms with Gasteiger partial charge in [0, 0.05) is 5.54 Å². The highest BCUT2D eigenvalue weighted by atomic mass is 19.1. The van der Waals surface area contributed by atoms with E-state index in [-0.39, 0.29) is 5.54 Å². The SMILES string of the molecule is CC(C)(C)NC(N)=O.OB(O)F. The normalized spacial score (nSPS) is 9.50. The highest BCUT2D eigenvalue weighted by Crippen LogP contribution is 1.95. The zero-order valence-electron chi connectivity index (χ0n) is 7.34. The summed E-state index contributed by atoms with van der Waals surface area (Å²) in [6.45, 7) is 5.62. The first-order valence-corrected chi connectivity index (χ1v) is 3.23. The second kappa shape index (κ2) is 5.79. The van der Waals surface area contributed by atoms with E-state index in [4.69, 9.17) is 15.8 Å². The number of hydrogen-bond donors (Lipinski definition) is 4. The number of hydrogen-bond acceptors (Lipinski definition) is 3. The van der Waals surface area contributed by atoms with Crippen LogP contribution in [0, 0.1) is 0 Å². The molecule has 2 amide bonds. The second-order valence-corrected chi connectivity index (χ2v) is 3.05. The lowest BCUT2D eigenvalue weighted by atomic mass is 10.1. The minimum Gasteiger partial charge on any atom is -0.398 e. The van der Waals surface area contributed by atoms with Gasteiger partial charge in [0.25, 0.3) is 0 Å². The molecule has 0 aromatic rings. The summed E-state index contributed by atoms with van der Waals surface area (Å²) in [5.74, 6) is 0. The molecule has 0 saturated carbocycles. The van der Waals surface area contributed by atoms with Crippen molar-refractivity contribution in [2.45, 2.75) is 26.3 Å². The zero-order chi connectivity index (χ0) is 10.4.